The van der Waals surface area contributed by atoms with E-state index in [1.165, 1.54) is 0 Å². The van der Waals surface area contributed by atoms with Gasteiger partial charge >= 0.3 is 6.03 Å². The zero-order valence-corrected chi connectivity index (χ0v) is 13.0. The average Bonchev–Trinajstić information content (AvgIpc) is 2.84. The molecule has 1 aromatic carbocycles. The summed E-state index contributed by atoms with van der Waals surface area (Å²) in [6.07, 6.45) is 0. The van der Waals surface area contributed by atoms with Gasteiger partial charge in [-0.2, -0.15) is 0 Å². The van der Waals surface area contributed by atoms with Gasteiger partial charge in [-0.3, -0.25) is 0 Å². The van der Waals surface area contributed by atoms with E-state index >= 15 is 0 Å². The van der Waals surface area contributed by atoms with E-state index < -0.39 is 0 Å². The smallest absolute Gasteiger partial charge is 0.317 e. The first-order chi connectivity index (χ1) is 9.54. The lowest BCUT2D eigenvalue weighted by molar-refractivity contribution is 0.206. The summed E-state index contributed by atoms with van der Waals surface area (Å²) >= 11 is 3.38. The molecular formula is C14H16BrN3O2. The molecule has 20 heavy (non-hydrogen) atoms. The number of benzene rings is 1. The maximum Gasteiger partial charge on any atom is 0.317 e. The lowest BCUT2D eigenvalue weighted by Crippen LogP contribution is -2.36. The fourth-order valence-electron chi connectivity index (χ4n) is 1.74. The minimum atomic E-state index is -0.145. The van der Waals surface area contributed by atoms with Gasteiger partial charge in [-0.05, 0) is 24.6 Å². The Balaban J connectivity index is 1.84. The molecule has 2 rings (SSSR count). The van der Waals surface area contributed by atoms with E-state index in [9.17, 15) is 4.79 Å². The van der Waals surface area contributed by atoms with Crippen LogP contribution in [0, 0.1) is 6.92 Å². The number of hydrogen-bond acceptors (Lipinski definition) is 3. The van der Waals surface area contributed by atoms with Crippen molar-refractivity contribution in [3.05, 3.63) is 51.8 Å². The van der Waals surface area contributed by atoms with Crippen LogP contribution in [-0.4, -0.2) is 23.1 Å². The fraction of sp³-hybridized carbons (Fsp3) is 0.286. The Hall–Kier alpha value is -1.82. The number of nitrogens with zero attached hydrogens (tertiary/aromatic N) is 2. The highest BCUT2D eigenvalue weighted by molar-refractivity contribution is 9.10. The molecule has 0 aliphatic rings. The Labute approximate surface area is 126 Å². The Morgan fingerprint density at radius 1 is 1.40 bits per heavy atom. The monoisotopic (exact) mass is 337 g/mol. The predicted octanol–water partition coefficient (Wildman–Crippen LogP) is 3.09. The predicted molar refractivity (Wildman–Crippen MR) is 79.1 cm³/mol. The lowest BCUT2D eigenvalue weighted by Gasteiger charge is -2.17. The van der Waals surface area contributed by atoms with Crippen molar-refractivity contribution in [1.82, 2.24) is 15.4 Å². The summed E-state index contributed by atoms with van der Waals surface area (Å²) in [5.74, 6) is 0.734. The number of nitrogens with one attached hydrogen (secondary N) is 1. The van der Waals surface area contributed by atoms with Crippen molar-refractivity contribution in [3.8, 4) is 0 Å². The normalized spacial score (nSPS) is 10.3. The zero-order chi connectivity index (χ0) is 14.5. The number of urea groups is 1. The van der Waals surface area contributed by atoms with Crippen LogP contribution in [0.2, 0.25) is 0 Å². The first-order valence-electron chi connectivity index (χ1n) is 6.20. The molecule has 1 aromatic heterocycles. The first-order valence-corrected chi connectivity index (χ1v) is 6.99. The van der Waals surface area contributed by atoms with E-state index in [2.05, 4.69) is 26.4 Å². The van der Waals surface area contributed by atoms with Crippen molar-refractivity contribution in [2.45, 2.75) is 20.0 Å². The summed E-state index contributed by atoms with van der Waals surface area (Å²) < 4.78 is 5.97. The molecule has 5 nitrogen and oxygen atoms in total. The van der Waals surface area contributed by atoms with Crippen LogP contribution in [0.3, 0.4) is 0 Å². The minimum Gasteiger partial charge on any atom is -0.361 e. The highest BCUT2D eigenvalue weighted by atomic mass is 79.9. The van der Waals surface area contributed by atoms with Gasteiger partial charge in [0.1, 0.15) is 11.5 Å². The lowest BCUT2D eigenvalue weighted by atomic mass is 10.2. The minimum absolute atomic E-state index is 0.145. The van der Waals surface area contributed by atoms with Crippen molar-refractivity contribution >= 4 is 22.0 Å². The summed E-state index contributed by atoms with van der Waals surface area (Å²) in [6.45, 7) is 2.73. The summed E-state index contributed by atoms with van der Waals surface area (Å²) in [7, 11) is 1.76. The number of halogens is 1. The highest BCUT2D eigenvalue weighted by Gasteiger charge is 2.09. The van der Waals surface area contributed by atoms with Crippen LogP contribution in [0.15, 0.2) is 39.3 Å². The van der Waals surface area contributed by atoms with Gasteiger partial charge in [-0.15, -0.1) is 0 Å². The second-order valence-corrected chi connectivity index (χ2v) is 5.49. The summed E-state index contributed by atoms with van der Waals surface area (Å²) in [5, 5.41) is 6.63. The summed E-state index contributed by atoms with van der Waals surface area (Å²) in [4.78, 5) is 13.6. The van der Waals surface area contributed by atoms with Crippen LogP contribution in [-0.2, 0) is 13.1 Å². The maximum absolute atomic E-state index is 11.9. The molecule has 0 aliphatic carbocycles. The molecule has 2 amide bonds. The number of hydrogen-bond donors (Lipinski definition) is 1. The van der Waals surface area contributed by atoms with Crippen molar-refractivity contribution in [3.63, 3.8) is 0 Å². The second kappa shape index (κ2) is 6.56. The summed E-state index contributed by atoms with van der Waals surface area (Å²) in [6, 6.07) is 9.53. The largest absolute Gasteiger partial charge is 0.361 e. The van der Waals surface area contributed by atoms with Crippen molar-refractivity contribution in [2.75, 3.05) is 7.05 Å². The van der Waals surface area contributed by atoms with Crippen molar-refractivity contribution in [1.29, 1.82) is 0 Å². The molecule has 0 fully saturated rings. The van der Waals surface area contributed by atoms with Gasteiger partial charge in [0, 0.05) is 24.1 Å². The van der Waals surface area contributed by atoms with E-state index in [0.29, 0.717) is 18.8 Å². The molecule has 0 bridgehead atoms. The summed E-state index contributed by atoms with van der Waals surface area (Å²) in [5.41, 5.74) is 1.79. The molecule has 106 valence electrons. The van der Waals surface area contributed by atoms with Crippen molar-refractivity contribution < 1.29 is 9.32 Å². The standard InChI is InChI=1S/C14H16BrN3O2/c1-10-7-13(17-20-10)8-16-14(19)18(2)9-11-3-5-12(15)6-4-11/h3-7H,8-9H2,1-2H3,(H,16,19). The average molecular weight is 338 g/mol. The van der Waals surface area contributed by atoms with Gasteiger partial charge in [0.25, 0.3) is 0 Å². The second-order valence-electron chi connectivity index (χ2n) is 4.57. The van der Waals surface area contributed by atoms with Crippen LogP contribution in [0.4, 0.5) is 4.79 Å². The zero-order valence-electron chi connectivity index (χ0n) is 11.4. The van der Waals surface area contributed by atoms with E-state index in [-0.39, 0.29) is 6.03 Å². The fourth-order valence-corrected chi connectivity index (χ4v) is 2.00. The van der Waals surface area contributed by atoms with Crippen LogP contribution in [0.5, 0.6) is 0 Å². The molecule has 6 heteroatoms. The molecule has 0 aliphatic heterocycles. The molecule has 0 saturated carbocycles. The third-order valence-corrected chi connectivity index (χ3v) is 3.31. The van der Waals surface area contributed by atoms with Crippen LogP contribution >= 0.6 is 15.9 Å². The molecule has 1 heterocycles. The van der Waals surface area contributed by atoms with E-state index in [1.807, 2.05) is 31.2 Å². The Morgan fingerprint density at radius 2 is 2.10 bits per heavy atom. The molecule has 0 unspecified atom stereocenters. The molecule has 0 saturated heterocycles. The molecule has 2 aromatic rings. The number of rotatable bonds is 4. The quantitative estimate of drug-likeness (QED) is 0.932. The molecule has 0 spiro atoms. The topological polar surface area (TPSA) is 58.4 Å². The highest BCUT2D eigenvalue weighted by Crippen LogP contribution is 2.11. The molecule has 1 N–H and O–H groups in total. The number of amides is 2. The van der Waals surface area contributed by atoms with Gasteiger partial charge in [-0.1, -0.05) is 33.2 Å². The third kappa shape index (κ3) is 4.09. The maximum atomic E-state index is 11.9. The van der Waals surface area contributed by atoms with Crippen LogP contribution in [0.25, 0.3) is 0 Å². The number of aromatic nitrogens is 1. The first kappa shape index (κ1) is 14.6. The van der Waals surface area contributed by atoms with Crippen molar-refractivity contribution in [2.24, 2.45) is 0 Å². The van der Waals surface area contributed by atoms with E-state index in [4.69, 9.17) is 4.52 Å². The van der Waals surface area contributed by atoms with Gasteiger partial charge < -0.3 is 14.7 Å². The van der Waals surface area contributed by atoms with Gasteiger partial charge in [-0.25, -0.2) is 4.79 Å². The SMILES string of the molecule is Cc1cc(CNC(=O)N(C)Cc2ccc(Br)cc2)no1. The van der Waals surface area contributed by atoms with Crippen LogP contribution < -0.4 is 5.32 Å². The Kier molecular flexibility index (Phi) is 4.79. The van der Waals surface area contributed by atoms with Crippen LogP contribution in [0.1, 0.15) is 17.0 Å². The number of carbonyl (C=O) groups is 1. The van der Waals surface area contributed by atoms with Gasteiger partial charge in [0.05, 0.1) is 6.54 Å². The van der Waals surface area contributed by atoms with Gasteiger partial charge in [0.2, 0.25) is 0 Å². The number of carbonyl (C=O) groups excluding carboxylic acids is 1. The Bertz CT molecular complexity index is 580. The Morgan fingerprint density at radius 3 is 2.70 bits per heavy atom. The number of aryl methyl sites for hydroxylation is 1. The third-order valence-electron chi connectivity index (χ3n) is 2.78. The van der Waals surface area contributed by atoms with E-state index in [1.54, 1.807) is 18.0 Å². The molecule has 0 radical (unpaired) electrons. The van der Waals surface area contributed by atoms with E-state index in [0.717, 1.165) is 15.8 Å². The molecule has 0 atom stereocenters. The van der Waals surface area contributed by atoms with Gasteiger partial charge in [0.15, 0.2) is 0 Å². The molecular weight excluding hydrogens is 322 g/mol.